The molecule has 1 atom stereocenters. The van der Waals surface area contributed by atoms with Crippen LogP contribution >= 0.6 is 0 Å². The minimum atomic E-state index is -1.13. The minimum Gasteiger partial charge on any atom is -0.477 e. The van der Waals surface area contributed by atoms with Crippen LogP contribution in [0.4, 0.5) is 10.5 Å². The number of nitrogens with zero attached hydrogens (tertiary/aromatic N) is 1. The summed E-state index contributed by atoms with van der Waals surface area (Å²) in [5.74, 6) is -1.13. The first-order chi connectivity index (χ1) is 8.81. The van der Waals surface area contributed by atoms with Crippen molar-refractivity contribution in [2.24, 2.45) is 0 Å². The molecule has 4 N–H and O–H groups in total. The number of hydrogen-bond donors (Lipinski definition) is 4. The largest absolute Gasteiger partial charge is 0.477 e. The van der Waals surface area contributed by atoms with Crippen molar-refractivity contribution in [2.75, 3.05) is 18.9 Å². The van der Waals surface area contributed by atoms with Crippen LogP contribution in [0.1, 0.15) is 29.5 Å². The van der Waals surface area contributed by atoms with Crippen molar-refractivity contribution in [3.63, 3.8) is 0 Å². The molecular weight excluding hydrogens is 250 g/mol. The summed E-state index contributed by atoms with van der Waals surface area (Å²) >= 11 is 0. The molecule has 0 fully saturated rings. The van der Waals surface area contributed by atoms with Crippen LogP contribution in [0.2, 0.25) is 0 Å². The molecule has 0 radical (unpaired) electrons. The smallest absolute Gasteiger partial charge is 0.354 e. The Bertz CT molecular complexity index is 468. The molecule has 1 aromatic rings. The van der Waals surface area contributed by atoms with Gasteiger partial charge >= 0.3 is 12.0 Å². The molecule has 1 unspecified atom stereocenters. The number of aromatic nitrogens is 1. The summed E-state index contributed by atoms with van der Waals surface area (Å²) in [4.78, 5) is 26.9. The number of H-pyrrole nitrogens is 1. The van der Waals surface area contributed by atoms with Crippen LogP contribution in [0.15, 0.2) is 6.07 Å². The molecule has 7 heteroatoms. The van der Waals surface area contributed by atoms with Gasteiger partial charge in [0, 0.05) is 19.3 Å². The van der Waals surface area contributed by atoms with E-state index in [-0.39, 0.29) is 11.4 Å². The highest BCUT2D eigenvalue weighted by Gasteiger charge is 2.17. The molecule has 106 valence electrons. The van der Waals surface area contributed by atoms with Crippen molar-refractivity contribution in [2.45, 2.75) is 26.4 Å². The first-order valence-corrected chi connectivity index (χ1v) is 5.94. The number of anilines is 1. The van der Waals surface area contributed by atoms with Gasteiger partial charge in [0.05, 0.1) is 11.8 Å². The van der Waals surface area contributed by atoms with E-state index in [1.165, 1.54) is 4.90 Å². The molecule has 0 aromatic carbocycles. The van der Waals surface area contributed by atoms with Gasteiger partial charge in [-0.1, -0.05) is 0 Å². The average molecular weight is 269 g/mol. The third kappa shape index (κ3) is 4.29. The zero-order valence-electron chi connectivity index (χ0n) is 11.2. The second-order valence-corrected chi connectivity index (χ2v) is 4.54. The van der Waals surface area contributed by atoms with E-state index in [1.54, 1.807) is 27.0 Å². The number of aliphatic hydroxyl groups excluding tert-OH is 1. The Labute approximate surface area is 111 Å². The quantitative estimate of drug-likeness (QED) is 0.645. The second-order valence-electron chi connectivity index (χ2n) is 4.54. The number of rotatable bonds is 5. The number of aromatic carboxylic acids is 1. The van der Waals surface area contributed by atoms with E-state index in [0.29, 0.717) is 18.7 Å². The zero-order chi connectivity index (χ0) is 14.6. The van der Waals surface area contributed by atoms with Crippen LogP contribution in [0.25, 0.3) is 0 Å². The first kappa shape index (κ1) is 15.0. The molecule has 0 aliphatic carbocycles. The highest BCUT2D eigenvalue weighted by molar-refractivity contribution is 5.99. The fourth-order valence-electron chi connectivity index (χ4n) is 1.55. The van der Waals surface area contributed by atoms with Crippen LogP contribution in [-0.2, 0) is 0 Å². The molecule has 0 bridgehead atoms. The Kier molecular flexibility index (Phi) is 4.94. The van der Waals surface area contributed by atoms with Crippen LogP contribution < -0.4 is 5.32 Å². The van der Waals surface area contributed by atoms with E-state index < -0.39 is 18.1 Å². The molecule has 0 saturated heterocycles. The van der Waals surface area contributed by atoms with E-state index in [0.717, 1.165) is 0 Å². The molecule has 7 nitrogen and oxygen atoms in total. The number of urea groups is 1. The second kappa shape index (κ2) is 6.24. The number of carboxylic acid groups (broad SMARTS) is 1. The maximum absolute atomic E-state index is 11.8. The summed E-state index contributed by atoms with van der Waals surface area (Å²) in [7, 11) is 1.58. The van der Waals surface area contributed by atoms with Crippen LogP contribution in [-0.4, -0.2) is 51.8 Å². The van der Waals surface area contributed by atoms with Crippen molar-refractivity contribution in [3.05, 3.63) is 17.5 Å². The maximum Gasteiger partial charge on any atom is 0.354 e. The van der Waals surface area contributed by atoms with Crippen molar-refractivity contribution < 1.29 is 19.8 Å². The summed E-state index contributed by atoms with van der Waals surface area (Å²) in [5.41, 5.74) is 0.841. The summed E-state index contributed by atoms with van der Waals surface area (Å²) < 4.78 is 0. The van der Waals surface area contributed by atoms with Crippen LogP contribution in [0.5, 0.6) is 0 Å². The van der Waals surface area contributed by atoms with Gasteiger partial charge in [-0.25, -0.2) is 9.59 Å². The number of amides is 2. The van der Waals surface area contributed by atoms with E-state index in [2.05, 4.69) is 10.3 Å². The van der Waals surface area contributed by atoms with Gasteiger partial charge in [0.2, 0.25) is 0 Å². The van der Waals surface area contributed by atoms with E-state index in [1.807, 2.05) is 0 Å². The van der Waals surface area contributed by atoms with Gasteiger partial charge in [-0.3, -0.25) is 0 Å². The number of carbonyl (C=O) groups is 2. The highest BCUT2D eigenvalue weighted by atomic mass is 16.4. The number of nitrogens with one attached hydrogen (secondary N) is 2. The molecule has 0 spiro atoms. The standard InChI is InChI=1S/C12H19N3O4/c1-7-6-9(10(13-7)11(17)18)14-12(19)15(3)5-4-8(2)16/h6,8,13,16H,4-5H2,1-3H3,(H,14,19)(H,17,18). The number of hydrogen-bond acceptors (Lipinski definition) is 3. The molecule has 1 rings (SSSR count). The van der Waals surface area contributed by atoms with E-state index in [9.17, 15) is 9.59 Å². The van der Waals surface area contributed by atoms with E-state index in [4.69, 9.17) is 10.2 Å². The molecule has 0 aliphatic heterocycles. The molecular formula is C12H19N3O4. The van der Waals surface area contributed by atoms with Crippen molar-refractivity contribution in [1.82, 2.24) is 9.88 Å². The fraction of sp³-hybridized carbons (Fsp3) is 0.500. The summed E-state index contributed by atoms with van der Waals surface area (Å²) in [6.45, 7) is 3.73. The predicted molar refractivity (Wildman–Crippen MR) is 70.4 cm³/mol. The molecule has 19 heavy (non-hydrogen) atoms. The molecule has 1 heterocycles. The lowest BCUT2D eigenvalue weighted by molar-refractivity contribution is 0.0692. The van der Waals surface area contributed by atoms with Gasteiger partial charge in [0.1, 0.15) is 5.69 Å². The van der Waals surface area contributed by atoms with Gasteiger partial charge in [-0.05, 0) is 26.3 Å². The van der Waals surface area contributed by atoms with Crippen molar-refractivity contribution in [1.29, 1.82) is 0 Å². The summed E-state index contributed by atoms with van der Waals surface area (Å²) in [5, 5.41) is 20.7. The third-order valence-electron chi connectivity index (χ3n) is 2.64. The Morgan fingerprint density at radius 3 is 2.68 bits per heavy atom. The Hall–Kier alpha value is -2.02. The number of aromatic amines is 1. The molecule has 0 aliphatic rings. The molecule has 2 amide bonds. The summed E-state index contributed by atoms with van der Waals surface area (Å²) in [6.07, 6.45) is -0.0265. The number of carbonyl (C=O) groups excluding carboxylic acids is 1. The van der Waals surface area contributed by atoms with Crippen molar-refractivity contribution >= 4 is 17.7 Å². The van der Waals surface area contributed by atoms with Gasteiger partial charge in [-0.15, -0.1) is 0 Å². The lowest BCUT2D eigenvalue weighted by Crippen LogP contribution is -2.33. The summed E-state index contributed by atoms with van der Waals surface area (Å²) in [6, 6.07) is 1.14. The fourth-order valence-corrected chi connectivity index (χ4v) is 1.55. The topological polar surface area (TPSA) is 106 Å². The molecule has 1 aromatic heterocycles. The Morgan fingerprint density at radius 1 is 1.53 bits per heavy atom. The van der Waals surface area contributed by atoms with Gasteiger partial charge in [-0.2, -0.15) is 0 Å². The lowest BCUT2D eigenvalue weighted by atomic mass is 10.3. The minimum absolute atomic E-state index is 0.0465. The van der Waals surface area contributed by atoms with Crippen LogP contribution in [0.3, 0.4) is 0 Å². The monoisotopic (exact) mass is 269 g/mol. The lowest BCUT2D eigenvalue weighted by Gasteiger charge is -2.18. The Balaban J connectivity index is 2.68. The van der Waals surface area contributed by atoms with Gasteiger partial charge in [0.25, 0.3) is 0 Å². The molecule has 0 saturated carbocycles. The van der Waals surface area contributed by atoms with Gasteiger partial charge < -0.3 is 25.4 Å². The predicted octanol–water partition coefficient (Wildman–Crippen LogP) is 1.26. The van der Waals surface area contributed by atoms with Gasteiger partial charge in [0.15, 0.2) is 0 Å². The van der Waals surface area contributed by atoms with Crippen LogP contribution in [0, 0.1) is 6.92 Å². The number of aryl methyl sites for hydroxylation is 1. The third-order valence-corrected chi connectivity index (χ3v) is 2.64. The van der Waals surface area contributed by atoms with Crippen molar-refractivity contribution in [3.8, 4) is 0 Å². The SMILES string of the molecule is Cc1cc(NC(=O)N(C)CCC(C)O)c(C(=O)O)[nH]1. The normalized spacial score (nSPS) is 12.0. The average Bonchev–Trinajstić information content (AvgIpc) is 2.67. The maximum atomic E-state index is 11.8. The highest BCUT2D eigenvalue weighted by Crippen LogP contribution is 2.17. The number of aliphatic hydroxyl groups is 1. The first-order valence-electron chi connectivity index (χ1n) is 5.94. The van der Waals surface area contributed by atoms with E-state index >= 15 is 0 Å². The number of carboxylic acids is 1. The Morgan fingerprint density at radius 2 is 2.16 bits per heavy atom. The zero-order valence-corrected chi connectivity index (χ0v) is 11.2.